The Balaban J connectivity index is -0.0000000199. The van der Waals surface area contributed by atoms with Crippen LogP contribution in [0.1, 0.15) is 13.8 Å². The number of hydrogen-bond donors (Lipinski definition) is 4. The van der Waals surface area contributed by atoms with Crippen molar-refractivity contribution in [3.63, 3.8) is 0 Å². The molecule has 0 saturated heterocycles. The fourth-order valence-corrected chi connectivity index (χ4v) is 0.356. The average molecular weight is 476 g/mol. The molecule has 2 atom stereocenters. The van der Waals surface area contributed by atoms with Gasteiger partial charge in [0.05, 0.1) is 32.0 Å². The maximum absolute atomic E-state index is 9.24. The summed E-state index contributed by atoms with van der Waals surface area (Å²) in [6.07, 6.45) is -0.612. The first-order valence-corrected chi connectivity index (χ1v) is 4.26. The zero-order valence-corrected chi connectivity index (χ0v) is 16.4. The number of nitrogens with two attached hydrogens (primary N) is 1. The second-order valence-electron chi connectivity index (χ2n) is 2.77. The molecule has 6 nitrogen and oxygen atoms in total. The third kappa shape index (κ3) is 59.9. The number of ether oxygens (including phenoxy) is 1. The Morgan fingerprint density at radius 2 is 1.50 bits per heavy atom. The fraction of sp³-hybridized carbons (Fsp3) is 0.875. The van der Waals surface area contributed by atoms with Gasteiger partial charge in [0.15, 0.2) is 17.4 Å². The molecular weight excluding hydrogens is 450 g/mol. The molecule has 0 saturated carbocycles. The Bertz CT molecular complexity index is 165. The van der Waals surface area contributed by atoms with E-state index in [1.165, 1.54) is 0 Å². The summed E-state index contributed by atoms with van der Waals surface area (Å²) in [6, 6.07) is 0. The van der Waals surface area contributed by atoms with Crippen LogP contribution in [-0.4, -0.2) is 70.6 Å². The Hall–Kier alpha value is 1.89. The Morgan fingerprint density at radius 3 is 1.65 bits per heavy atom. The maximum Gasteiger partial charge on any atom is 0.317 e. The van der Waals surface area contributed by atoms with E-state index in [2.05, 4.69) is 5.73 Å². The van der Waals surface area contributed by atoms with Crippen molar-refractivity contribution in [1.82, 2.24) is 0 Å². The number of hydrogen-bond acceptors (Lipinski definition) is 5. The number of aliphatic hydroxyl groups is 2. The van der Waals surface area contributed by atoms with Crippen LogP contribution < -0.4 is 5.73 Å². The van der Waals surface area contributed by atoms with Crippen LogP contribution in [-0.2, 0) is 35.7 Å². The first kappa shape index (κ1) is 49.5. The van der Waals surface area contributed by atoms with Crippen molar-refractivity contribution < 1.29 is 51.1 Å². The first-order valence-electron chi connectivity index (χ1n) is 4.26. The van der Waals surface area contributed by atoms with Gasteiger partial charge in [0, 0.05) is 26.2 Å². The second kappa shape index (κ2) is 37.3. The van der Waals surface area contributed by atoms with Crippen LogP contribution in [0.15, 0.2) is 0 Å². The van der Waals surface area contributed by atoms with Gasteiger partial charge in [-0.3, -0.25) is 4.79 Å². The third-order valence-electron chi connectivity index (χ3n) is 1.05. The van der Waals surface area contributed by atoms with E-state index in [9.17, 15) is 4.79 Å². The van der Waals surface area contributed by atoms with Crippen LogP contribution in [0, 0.1) is 0 Å². The quantitative estimate of drug-likeness (QED) is 0.391. The van der Waals surface area contributed by atoms with Gasteiger partial charge in [0.2, 0.25) is 0 Å². The van der Waals surface area contributed by atoms with E-state index >= 15 is 0 Å². The van der Waals surface area contributed by atoms with Gasteiger partial charge >= 0.3 is 5.97 Å². The summed E-state index contributed by atoms with van der Waals surface area (Å²) < 4.78 is 4.95. The molecule has 0 aromatic heterocycles. The minimum atomic E-state index is -0.968. The minimum Gasteiger partial charge on any atom is -0.480 e. The number of halogens is 4. The van der Waals surface area contributed by atoms with Crippen molar-refractivity contribution in [2.24, 2.45) is 5.73 Å². The molecule has 12 heteroatoms. The van der Waals surface area contributed by atoms with Crippen LogP contribution in [0.25, 0.3) is 0 Å². The summed E-state index contributed by atoms with van der Waals surface area (Å²) in [5.41, 5.74) is 4.57. The smallest absolute Gasteiger partial charge is 0.317 e. The molecule has 0 aromatic carbocycles. The molecule has 0 amide bonds. The first-order chi connectivity index (χ1) is 6.43. The molecule has 0 fully saturated rings. The number of aliphatic carboxylic acids is 1. The average Bonchev–Trinajstić information content (AvgIpc) is 2.14. The third-order valence-corrected chi connectivity index (χ3v) is 1.05. The molecule has 0 aliphatic heterocycles. The Morgan fingerprint density at radius 1 is 1.20 bits per heavy atom. The van der Waals surface area contributed by atoms with E-state index in [-0.39, 0.29) is 112 Å². The molecular formula is C8H26AlCl4NO5Zr. The fourth-order valence-electron chi connectivity index (χ4n) is 0.356. The van der Waals surface area contributed by atoms with E-state index < -0.39 is 12.1 Å². The van der Waals surface area contributed by atoms with Crippen LogP contribution in [0.5, 0.6) is 0 Å². The number of carboxylic acids is 1. The minimum absolute atomic E-state index is 0. The van der Waals surface area contributed by atoms with Gasteiger partial charge in [0.25, 0.3) is 0 Å². The van der Waals surface area contributed by atoms with E-state index in [0.717, 1.165) is 0 Å². The molecule has 0 bridgehead atoms. The Kier molecular flexibility index (Phi) is 92.3. The van der Waals surface area contributed by atoms with Gasteiger partial charge in [-0.1, -0.05) is 0 Å². The molecule has 0 rings (SSSR count). The molecule has 128 valence electrons. The van der Waals surface area contributed by atoms with E-state index in [1.54, 1.807) is 13.8 Å². The monoisotopic (exact) mass is 473 g/mol. The van der Waals surface area contributed by atoms with Gasteiger partial charge in [0.1, 0.15) is 0 Å². The van der Waals surface area contributed by atoms with Crippen LogP contribution in [0.4, 0.5) is 0 Å². The van der Waals surface area contributed by atoms with Crippen molar-refractivity contribution in [2.45, 2.75) is 26.1 Å². The van der Waals surface area contributed by atoms with E-state index in [4.69, 9.17) is 20.1 Å². The molecule has 0 aliphatic rings. The Labute approximate surface area is 174 Å². The number of carbonyl (C=O) groups is 1. The molecule has 0 heterocycles. The van der Waals surface area contributed by atoms with Crippen LogP contribution in [0.2, 0.25) is 0 Å². The van der Waals surface area contributed by atoms with Crippen molar-refractivity contribution >= 4 is 73.0 Å². The van der Waals surface area contributed by atoms with Gasteiger partial charge in [-0.15, -0.1) is 49.6 Å². The summed E-state index contributed by atoms with van der Waals surface area (Å²) in [5.74, 6) is -0.968. The summed E-state index contributed by atoms with van der Waals surface area (Å²) in [6.45, 7) is 3.42. The normalized spacial score (nSPS) is 9.65. The molecule has 20 heavy (non-hydrogen) atoms. The number of aliphatic hydroxyl groups excluding tert-OH is 2. The van der Waals surface area contributed by atoms with E-state index in [1.807, 2.05) is 0 Å². The zero-order chi connectivity index (χ0) is 11.6. The van der Waals surface area contributed by atoms with Gasteiger partial charge in [-0.05, 0) is 13.8 Å². The van der Waals surface area contributed by atoms with Gasteiger partial charge in [-0.2, -0.15) is 0 Å². The summed E-state index contributed by atoms with van der Waals surface area (Å²) in [5, 5.41) is 24.7. The predicted octanol–water partition coefficient (Wildman–Crippen LogP) is -0.705. The number of rotatable bonds is 5. The van der Waals surface area contributed by atoms with Crippen molar-refractivity contribution in [2.75, 3.05) is 19.8 Å². The summed E-state index contributed by atoms with van der Waals surface area (Å²) in [7, 11) is 0. The summed E-state index contributed by atoms with van der Waals surface area (Å²) in [4.78, 5) is 9.24. The summed E-state index contributed by atoms with van der Waals surface area (Å²) >= 11 is 0. The number of carboxylic acid groups (broad SMARTS) is 1. The molecule has 0 aromatic rings. The van der Waals surface area contributed by atoms with Crippen molar-refractivity contribution in [3.8, 4) is 0 Å². The second-order valence-corrected chi connectivity index (χ2v) is 2.77. The molecule has 0 spiro atoms. The van der Waals surface area contributed by atoms with Crippen molar-refractivity contribution in [3.05, 3.63) is 0 Å². The van der Waals surface area contributed by atoms with Gasteiger partial charge < -0.3 is 25.8 Å². The molecule has 2 unspecified atom stereocenters. The SMILES string of the molecule is CC(O)COC(C)CO.Cl.Cl.Cl.Cl.NCC(=O)O.[AlH3].[Zr]. The predicted molar refractivity (Wildman–Crippen MR) is 89.8 cm³/mol. The largest absolute Gasteiger partial charge is 0.480 e. The maximum atomic E-state index is 9.24. The molecule has 5 N–H and O–H groups in total. The van der Waals surface area contributed by atoms with Crippen LogP contribution in [0.3, 0.4) is 0 Å². The van der Waals surface area contributed by atoms with Crippen molar-refractivity contribution in [1.29, 1.82) is 0 Å². The van der Waals surface area contributed by atoms with Crippen LogP contribution >= 0.6 is 49.6 Å². The zero-order valence-electron chi connectivity index (χ0n) is 10.6. The van der Waals surface area contributed by atoms with E-state index in [0.29, 0.717) is 6.61 Å². The van der Waals surface area contributed by atoms with Gasteiger partial charge in [-0.25, -0.2) is 0 Å². The molecule has 0 aliphatic carbocycles. The topological polar surface area (TPSA) is 113 Å². The molecule has 0 radical (unpaired) electrons. The standard InChI is InChI=1S/C6H14O3.C2H5NO2.Al.4ClH.Zr.3H/c1-5(8)4-9-6(2)3-7;3-1-2(4)5;;;;;;;;;/h5-8H,3-4H2,1-2H3;1,3H2,(H,4,5);;4*1H;;;;.